The van der Waals surface area contributed by atoms with Gasteiger partial charge in [0.05, 0.1) is 38.3 Å². The monoisotopic (exact) mass is 463 g/mol. The lowest BCUT2D eigenvalue weighted by Crippen LogP contribution is -2.23. The minimum Gasteiger partial charge on any atom is -0.497 e. The standard InChI is InChI=1S/C22H20F3N3O5/c1-31-14-6-8-17(19(11-14)32-2)28-20(29)12-26-16-7-5-13(10-15(16)22(23,24)25)27-21(30)18-4-3-9-33-18/h3-11,26H,12H2,1-2H3,(H,27,30)(H,28,29). The molecule has 0 aliphatic heterocycles. The fourth-order valence-corrected chi connectivity index (χ4v) is 2.88. The maximum absolute atomic E-state index is 13.6. The zero-order chi connectivity index (χ0) is 24.0. The number of anilines is 3. The van der Waals surface area contributed by atoms with Crippen LogP contribution in [0.5, 0.6) is 11.5 Å². The molecule has 0 spiro atoms. The maximum atomic E-state index is 13.6. The highest BCUT2D eigenvalue weighted by molar-refractivity contribution is 6.02. The van der Waals surface area contributed by atoms with Gasteiger partial charge in [0.2, 0.25) is 5.91 Å². The van der Waals surface area contributed by atoms with E-state index in [0.29, 0.717) is 17.2 Å². The molecule has 0 saturated carbocycles. The summed E-state index contributed by atoms with van der Waals surface area (Å²) in [6.45, 7) is -0.448. The highest BCUT2D eigenvalue weighted by Crippen LogP contribution is 2.37. The Morgan fingerprint density at radius 2 is 1.73 bits per heavy atom. The van der Waals surface area contributed by atoms with Gasteiger partial charge in [-0.2, -0.15) is 13.2 Å². The van der Waals surface area contributed by atoms with Gasteiger partial charge in [-0.15, -0.1) is 0 Å². The molecule has 0 bridgehead atoms. The van der Waals surface area contributed by atoms with Gasteiger partial charge in [-0.3, -0.25) is 9.59 Å². The molecule has 0 aliphatic carbocycles. The van der Waals surface area contributed by atoms with Crippen LogP contribution in [0.2, 0.25) is 0 Å². The summed E-state index contributed by atoms with van der Waals surface area (Å²) >= 11 is 0. The van der Waals surface area contributed by atoms with E-state index in [-0.39, 0.29) is 17.1 Å². The summed E-state index contributed by atoms with van der Waals surface area (Å²) in [6.07, 6.45) is -3.46. The second-order valence-corrected chi connectivity index (χ2v) is 6.66. The first-order valence-corrected chi connectivity index (χ1v) is 9.53. The highest BCUT2D eigenvalue weighted by Gasteiger charge is 2.34. The fourth-order valence-electron chi connectivity index (χ4n) is 2.88. The summed E-state index contributed by atoms with van der Waals surface area (Å²) in [5, 5.41) is 7.38. The topological polar surface area (TPSA) is 102 Å². The van der Waals surface area contributed by atoms with Crippen molar-refractivity contribution >= 4 is 28.9 Å². The fraction of sp³-hybridized carbons (Fsp3) is 0.182. The van der Waals surface area contributed by atoms with E-state index in [1.807, 2.05) is 0 Å². The van der Waals surface area contributed by atoms with Gasteiger partial charge < -0.3 is 29.8 Å². The van der Waals surface area contributed by atoms with E-state index < -0.39 is 30.1 Å². The van der Waals surface area contributed by atoms with Gasteiger partial charge in [0.1, 0.15) is 11.5 Å². The third-order valence-electron chi connectivity index (χ3n) is 4.45. The Hall–Kier alpha value is -4.15. The number of amides is 2. The van der Waals surface area contributed by atoms with Gasteiger partial charge in [-0.05, 0) is 42.5 Å². The molecule has 0 aliphatic rings. The molecule has 0 unspecified atom stereocenters. The number of carbonyl (C=O) groups excluding carboxylic acids is 2. The normalized spacial score (nSPS) is 10.9. The molecule has 0 fully saturated rings. The van der Waals surface area contributed by atoms with Gasteiger partial charge >= 0.3 is 6.18 Å². The van der Waals surface area contributed by atoms with Crippen molar-refractivity contribution in [1.82, 2.24) is 0 Å². The molecule has 0 saturated heterocycles. The van der Waals surface area contributed by atoms with Gasteiger partial charge in [0.15, 0.2) is 5.76 Å². The number of furan rings is 1. The van der Waals surface area contributed by atoms with Crippen molar-refractivity contribution in [3.8, 4) is 11.5 Å². The van der Waals surface area contributed by atoms with Crippen molar-refractivity contribution in [3.63, 3.8) is 0 Å². The van der Waals surface area contributed by atoms with Crippen molar-refractivity contribution in [2.45, 2.75) is 6.18 Å². The molecule has 0 atom stereocenters. The second-order valence-electron chi connectivity index (χ2n) is 6.66. The lowest BCUT2D eigenvalue weighted by molar-refractivity contribution is -0.137. The van der Waals surface area contributed by atoms with Crippen LogP contribution in [0.25, 0.3) is 0 Å². The minimum atomic E-state index is -4.73. The van der Waals surface area contributed by atoms with E-state index in [0.717, 1.165) is 12.1 Å². The number of alkyl halides is 3. The average Bonchev–Trinajstić information content (AvgIpc) is 3.33. The molecule has 0 radical (unpaired) electrons. The summed E-state index contributed by atoms with van der Waals surface area (Å²) < 4.78 is 55.9. The Labute approximate surface area is 186 Å². The lowest BCUT2D eigenvalue weighted by Gasteiger charge is -2.17. The molecule has 3 rings (SSSR count). The van der Waals surface area contributed by atoms with E-state index in [1.165, 1.54) is 38.7 Å². The van der Waals surface area contributed by atoms with Crippen LogP contribution in [0, 0.1) is 0 Å². The summed E-state index contributed by atoms with van der Waals surface area (Å²) in [5.74, 6) is -0.493. The molecule has 11 heteroatoms. The van der Waals surface area contributed by atoms with E-state index >= 15 is 0 Å². The Morgan fingerprint density at radius 3 is 2.36 bits per heavy atom. The third kappa shape index (κ3) is 5.97. The molecule has 3 aromatic rings. The van der Waals surface area contributed by atoms with Crippen LogP contribution in [-0.4, -0.2) is 32.6 Å². The molecule has 2 aromatic carbocycles. The number of methoxy groups -OCH3 is 2. The Balaban J connectivity index is 1.71. The molecule has 1 heterocycles. The summed E-state index contributed by atoms with van der Waals surface area (Å²) in [6, 6.07) is 10.7. The predicted molar refractivity (Wildman–Crippen MR) is 115 cm³/mol. The number of ether oxygens (including phenoxy) is 2. The molecule has 1 aromatic heterocycles. The third-order valence-corrected chi connectivity index (χ3v) is 4.45. The van der Waals surface area contributed by atoms with Crippen molar-refractivity contribution in [1.29, 1.82) is 0 Å². The minimum absolute atomic E-state index is 0.0450. The largest absolute Gasteiger partial charge is 0.497 e. The molecule has 8 nitrogen and oxygen atoms in total. The quantitative estimate of drug-likeness (QED) is 0.451. The highest BCUT2D eigenvalue weighted by atomic mass is 19.4. The van der Waals surface area contributed by atoms with Crippen molar-refractivity contribution in [3.05, 3.63) is 66.1 Å². The van der Waals surface area contributed by atoms with Crippen LogP contribution in [0.15, 0.2) is 59.2 Å². The van der Waals surface area contributed by atoms with Gasteiger partial charge in [-0.1, -0.05) is 0 Å². The van der Waals surface area contributed by atoms with Crippen LogP contribution >= 0.6 is 0 Å². The van der Waals surface area contributed by atoms with Gasteiger partial charge in [0.25, 0.3) is 5.91 Å². The summed E-state index contributed by atoms with van der Waals surface area (Å²) in [5.41, 5.74) is -1.12. The Bertz CT molecular complexity index is 1130. The number of nitrogens with one attached hydrogen (secondary N) is 3. The van der Waals surface area contributed by atoms with E-state index in [4.69, 9.17) is 13.9 Å². The predicted octanol–water partition coefficient (Wildman–Crippen LogP) is 4.62. The van der Waals surface area contributed by atoms with Crippen LogP contribution in [-0.2, 0) is 11.0 Å². The lowest BCUT2D eigenvalue weighted by atomic mass is 10.1. The molecule has 174 valence electrons. The summed E-state index contributed by atoms with van der Waals surface area (Å²) in [7, 11) is 2.88. The zero-order valence-electron chi connectivity index (χ0n) is 17.6. The number of benzene rings is 2. The van der Waals surface area contributed by atoms with Crippen molar-refractivity contribution in [2.75, 3.05) is 36.7 Å². The SMILES string of the molecule is COc1ccc(NC(=O)CNc2ccc(NC(=O)c3ccco3)cc2C(F)(F)F)c(OC)c1. The van der Waals surface area contributed by atoms with E-state index in [1.54, 1.807) is 18.2 Å². The Kier molecular flexibility index (Phi) is 7.11. The van der Waals surface area contributed by atoms with Gasteiger partial charge in [-0.25, -0.2) is 0 Å². The summed E-state index contributed by atoms with van der Waals surface area (Å²) in [4.78, 5) is 24.3. The maximum Gasteiger partial charge on any atom is 0.418 e. The molecule has 33 heavy (non-hydrogen) atoms. The number of halogens is 3. The van der Waals surface area contributed by atoms with Crippen molar-refractivity contribution < 1.29 is 36.7 Å². The average molecular weight is 463 g/mol. The van der Waals surface area contributed by atoms with E-state index in [2.05, 4.69) is 16.0 Å². The first kappa shape index (κ1) is 23.5. The number of rotatable bonds is 8. The smallest absolute Gasteiger partial charge is 0.418 e. The number of hydrogen-bond donors (Lipinski definition) is 3. The van der Waals surface area contributed by atoms with Crippen LogP contribution in [0.3, 0.4) is 0 Å². The van der Waals surface area contributed by atoms with E-state index in [9.17, 15) is 22.8 Å². The number of carbonyl (C=O) groups is 2. The molecule has 3 N–H and O–H groups in total. The van der Waals surface area contributed by atoms with Crippen LogP contribution in [0.1, 0.15) is 16.1 Å². The Morgan fingerprint density at radius 1 is 0.970 bits per heavy atom. The molecule has 2 amide bonds. The first-order chi connectivity index (χ1) is 15.7. The van der Waals surface area contributed by atoms with Crippen LogP contribution < -0.4 is 25.4 Å². The van der Waals surface area contributed by atoms with Crippen molar-refractivity contribution in [2.24, 2.45) is 0 Å². The van der Waals surface area contributed by atoms with Crippen LogP contribution in [0.4, 0.5) is 30.2 Å². The number of hydrogen-bond acceptors (Lipinski definition) is 6. The second kappa shape index (κ2) is 9.98. The molecular weight excluding hydrogens is 443 g/mol. The molecular formula is C22H20F3N3O5. The van der Waals surface area contributed by atoms with Gasteiger partial charge in [0, 0.05) is 17.4 Å². The first-order valence-electron chi connectivity index (χ1n) is 9.53. The zero-order valence-corrected chi connectivity index (χ0v) is 17.6.